The third kappa shape index (κ3) is 4.62. The zero-order chi connectivity index (χ0) is 28.6. The molecule has 4 N–H and O–H groups in total. The van der Waals surface area contributed by atoms with Crippen LogP contribution in [0.2, 0.25) is 0 Å². The van der Waals surface area contributed by atoms with Crippen molar-refractivity contribution in [1.82, 2.24) is 14.9 Å². The molecule has 40 heavy (non-hydrogen) atoms. The van der Waals surface area contributed by atoms with E-state index in [-0.39, 0.29) is 23.7 Å². The highest BCUT2D eigenvalue weighted by Crippen LogP contribution is 2.44. The van der Waals surface area contributed by atoms with Gasteiger partial charge in [0.1, 0.15) is 23.8 Å². The minimum absolute atomic E-state index is 0.203. The molecule has 1 aliphatic rings. The van der Waals surface area contributed by atoms with Gasteiger partial charge in [-0.3, -0.25) is 9.59 Å². The molecule has 0 radical (unpaired) electrons. The highest BCUT2D eigenvalue weighted by Gasteiger charge is 2.31. The molecule has 0 saturated heterocycles. The van der Waals surface area contributed by atoms with E-state index in [1.54, 1.807) is 30.3 Å². The summed E-state index contributed by atoms with van der Waals surface area (Å²) in [6.45, 7) is 3.47. The first kappa shape index (κ1) is 26.4. The third-order valence-corrected chi connectivity index (χ3v) is 7.12. The van der Waals surface area contributed by atoms with Gasteiger partial charge in [0.05, 0.1) is 34.8 Å². The molecule has 9 nitrogen and oxygen atoms in total. The van der Waals surface area contributed by atoms with Gasteiger partial charge < -0.3 is 25.7 Å². The number of aromatic nitrogens is 2. The van der Waals surface area contributed by atoms with E-state index in [9.17, 15) is 19.2 Å². The fourth-order valence-electron chi connectivity index (χ4n) is 5.08. The Morgan fingerprint density at radius 3 is 2.55 bits per heavy atom. The van der Waals surface area contributed by atoms with Crippen molar-refractivity contribution in [3.63, 3.8) is 0 Å². The maximum absolute atomic E-state index is 13.3. The molecule has 1 saturated carbocycles. The lowest BCUT2D eigenvalue weighted by molar-refractivity contribution is -0.111. The van der Waals surface area contributed by atoms with Crippen LogP contribution >= 0.6 is 0 Å². The molecule has 1 aliphatic carbocycles. The number of fused-ring (bicyclic) bond motifs is 1. The Morgan fingerprint density at radius 2 is 1.93 bits per heavy atom. The number of rotatable bonds is 7. The predicted molar refractivity (Wildman–Crippen MR) is 151 cm³/mol. The Labute approximate surface area is 230 Å². The summed E-state index contributed by atoms with van der Waals surface area (Å²) in [6, 6.07) is 14.4. The van der Waals surface area contributed by atoms with E-state index in [2.05, 4.69) is 28.3 Å². The SMILES string of the molecule is C=CC(=O)Nc1ccc(-c2c(-c3ccc(C(=O)NC4CC(F)C4)c(OC)c3)c3c(N)ncc(C#N)c3n2C)cc1. The Hall–Kier alpha value is -5.17. The summed E-state index contributed by atoms with van der Waals surface area (Å²) in [5, 5.41) is 16.0. The van der Waals surface area contributed by atoms with Crippen LogP contribution in [0.3, 0.4) is 0 Å². The number of aryl methyl sites for hydroxylation is 1. The molecule has 2 heterocycles. The number of carbonyl (C=O) groups is 2. The maximum Gasteiger partial charge on any atom is 0.255 e. The fraction of sp³-hybridized carbons (Fsp3) is 0.200. The fourth-order valence-corrected chi connectivity index (χ4v) is 5.08. The number of hydrogen-bond acceptors (Lipinski definition) is 6. The van der Waals surface area contributed by atoms with Crippen molar-refractivity contribution >= 4 is 34.2 Å². The summed E-state index contributed by atoms with van der Waals surface area (Å²) >= 11 is 0. The molecule has 10 heteroatoms. The lowest BCUT2D eigenvalue weighted by Gasteiger charge is -2.30. The van der Waals surface area contributed by atoms with Crippen LogP contribution in [0, 0.1) is 11.3 Å². The van der Waals surface area contributed by atoms with E-state index >= 15 is 0 Å². The van der Waals surface area contributed by atoms with Gasteiger partial charge in [-0.15, -0.1) is 0 Å². The number of halogens is 1. The van der Waals surface area contributed by atoms with Crippen LogP contribution in [0.25, 0.3) is 33.3 Å². The number of benzene rings is 2. The number of carbonyl (C=O) groups excluding carboxylic acids is 2. The van der Waals surface area contributed by atoms with Gasteiger partial charge in [-0.05, 0) is 54.3 Å². The molecule has 1 fully saturated rings. The summed E-state index contributed by atoms with van der Waals surface area (Å²) in [5.74, 6) is -0.0936. The molecule has 5 rings (SSSR count). The highest BCUT2D eigenvalue weighted by atomic mass is 19.1. The van der Waals surface area contributed by atoms with Crippen molar-refractivity contribution in [2.45, 2.75) is 25.1 Å². The van der Waals surface area contributed by atoms with Crippen LogP contribution in [0.1, 0.15) is 28.8 Å². The summed E-state index contributed by atoms with van der Waals surface area (Å²) in [5.41, 5.74) is 11.2. The summed E-state index contributed by atoms with van der Waals surface area (Å²) in [4.78, 5) is 28.9. The van der Waals surface area contributed by atoms with Gasteiger partial charge >= 0.3 is 0 Å². The van der Waals surface area contributed by atoms with Crippen LogP contribution < -0.4 is 21.1 Å². The predicted octanol–water partition coefficient (Wildman–Crippen LogP) is 4.72. The van der Waals surface area contributed by atoms with Crippen LogP contribution in [-0.2, 0) is 11.8 Å². The first-order chi connectivity index (χ1) is 19.2. The first-order valence-electron chi connectivity index (χ1n) is 12.6. The monoisotopic (exact) mass is 538 g/mol. The maximum atomic E-state index is 13.3. The Kier molecular flexibility index (Phi) is 6.96. The van der Waals surface area contributed by atoms with Gasteiger partial charge in [-0.2, -0.15) is 5.26 Å². The van der Waals surface area contributed by atoms with Crippen molar-refractivity contribution in [1.29, 1.82) is 5.26 Å². The van der Waals surface area contributed by atoms with E-state index in [0.717, 1.165) is 11.3 Å². The second-order valence-electron chi connectivity index (χ2n) is 9.60. The number of methoxy groups -OCH3 is 1. The zero-order valence-electron chi connectivity index (χ0n) is 22.0. The smallest absolute Gasteiger partial charge is 0.255 e. The number of ether oxygens (including phenoxy) is 1. The van der Waals surface area contributed by atoms with Gasteiger partial charge in [0.2, 0.25) is 5.91 Å². The van der Waals surface area contributed by atoms with Crippen molar-refractivity contribution in [3.05, 3.63) is 72.4 Å². The Bertz CT molecular complexity index is 1700. The Balaban J connectivity index is 1.67. The van der Waals surface area contributed by atoms with E-state index in [1.807, 2.05) is 23.7 Å². The number of pyridine rings is 1. The molecular weight excluding hydrogens is 511 g/mol. The van der Waals surface area contributed by atoms with Gasteiger partial charge in [0.15, 0.2) is 0 Å². The highest BCUT2D eigenvalue weighted by molar-refractivity contribution is 6.11. The van der Waals surface area contributed by atoms with Gasteiger partial charge in [-0.1, -0.05) is 24.8 Å². The Morgan fingerprint density at radius 1 is 1.23 bits per heavy atom. The van der Waals surface area contributed by atoms with Gasteiger partial charge in [0, 0.05) is 30.5 Å². The second kappa shape index (κ2) is 10.5. The average molecular weight is 539 g/mol. The standard InChI is InChI=1S/C30H27FN6O3/c1-4-24(38)35-20-8-5-16(6-9-20)27-25(26-28(37(27)2)18(14-32)15-34-29(26)33)17-7-10-22(23(11-17)40-3)30(39)36-21-12-19(31)13-21/h4-11,15,19,21H,1,12-13H2,2-3H3,(H2,33,34)(H,35,38)(H,36,39). The quantitative estimate of drug-likeness (QED) is 0.291. The molecule has 0 atom stereocenters. The third-order valence-electron chi connectivity index (χ3n) is 7.12. The zero-order valence-corrected chi connectivity index (χ0v) is 22.0. The number of nitrogens with one attached hydrogen (secondary N) is 2. The van der Waals surface area contributed by atoms with E-state index in [0.29, 0.717) is 57.4 Å². The van der Waals surface area contributed by atoms with Gasteiger partial charge in [0.25, 0.3) is 5.91 Å². The molecule has 0 aliphatic heterocycles. The van der Waals surface area contributed by atoms with Crippen molar-refractivity contribution in [3.8, 4) is 34.2 Å². The lowest BCUT2D eigenvalue weighted by Crippen LogP contribution is -2.45. The van der Waals surface area contributed by atoms with Crippen LogP contribution in [0.4, 0.5) is 15.9 Å². The molecule has 0 unspecified atom stereocenters. The van der Waals surface area contributed by atoms with Crippen LogP contribution in [-0.4, -0.2) is 40.7 Å². The number of nitrogens with zero attached hydrogens (tertiary/aromatic N) is 3. The molecule has 2 amide bonds. The van der Waals surface area contributed by atoms with Crippen molar-refractivity contribution < 1.29 is 18.7 Å². The number of hydrogen-bond donors (Lipinski definition) is 3. The van der Waals surface area contributed by atoms with Crippen LogP contribution in [0.15, 0.2) is 61.3 Å². The number of nitriles is 1. The molecule has 0 spiro atoms. The van der Waals surface area contributed by atoms with Crippen LogP contribution in [0.5, 0.6) is 5.75 Å². The minimum Gasteiger partial charge on any atom is -0.496 e. The minimum atomic E-state index is -0.885. The van der Waals surface area contributed by atoms with Crippen molar-refractivity contribution in [2.24, 2.45) is 7.05 Å². The molecule has 4 aromatic rings. The summed E-state index contributed by atoms with van der Waals surface area (Å²) < 4.78 is 20.7. The summed E-state index contributed by atoms with van der Waals surface area (Å²) in [6.07, 6.45) is 2.35. The molecule has 202 valence electrons. The summed E-state index contributed by atoms with van der Waals surface area (Å²) in [7, 11) is 3.31. The van der Waals surface area contributed by atoms with Crippen molar-refractivity contribution in [2.75, 3.05) is 18.2 Å². The van der Waals surface area contributed by atoms with Gasteiger partial charge in [-0.25, -0.2) is 9.37 Å². The largest absolute Gasteiger partial charge is 0.496 e. The lowest BCUT2D eigenvalue weighted by atomic mass is 9.90. The second-order valence-corrected chi connectivity index (χ2v) is 9.60. The first-order valence-corrected chi connectivity index (χ1v) is 12.6. The number of nitrogens with two attached hydrogens (primary N) is 1. The number of nitrogen functional groups attached to an aromatic ring is 1. The molecular formula is C30H27FN6O3. The average Bonchev–Trinajstić information content (AvgIpc) is 3.26. The molecule has 2 aromatic heterocycles. The molecule has 2 aromatic carbocycles. The topological polar surface area (TPSA) is 135 Å². The van der Waals surface area contributed by atoms with E-state index < -0.39 is 6.17 Å². The van der Waals surface area contributed by atoms with E-state index in [4.69, 9.17) is 10.5 Å². The number of anilines is 2. The molecule has 0 bridgehead atoms. The van der Waals surface area contributed by atoms with E-state index in [1.165, 1.54) is 19.4 Å². The number of alkyl halides is 1. The normalized spacial score (nSPS) is 16.1. The number of amides is 2.